The maximum absolute atomic E-state index is 13.9. The highest BCUT2D eigenvalue weighted by Gasteiger charge is 2.33. The maximum atomic E-state index is 13.9. The number of allylic oxidation sites excluding steroid dienone is 1. The molecule has 0 aliphatic carbocycles. The van der Waals surface area contributed by atoms with E-state index in [4.69, 9.17) is 14.2 Å². The van der Waals surface area contributed by atoms with E-state index in [1.165, 1.54) is 0 Å². The smallest absolute Gasteiger partial charge is 0.286 e. The van der Waals surface area contributed by atoms with Gasteiger partial charge in [-0.3, -0.25) is 14.3 Å². The zero-order chi connectivity index (χ0) is 32.2. The fraction of sp³-hybridized carbons (Fsp3) is 0.278. The zero-order valence-corrected chi connectivity index (χ0v) is 26.2. The maximum Gasteiger partial charge on any atom is 0.286 e. The molecule has 3 heterocycles. The Morgan fingerprint density at radius 1 is 1.09 bits per heavy atom. The molecule has 46 heavy (non-hydrogen) atoms. The van der Waals surface area contributed by atoms with Crippen LogP contribution in [0.5, 0.6) is 5.75 Å². The number of carbonyl (C=O) groups is 1. The van der Waals surface area contributed by atoms with Crippen molar-refractivity contribution in [3.63, 3.8) is 0 Å². The van der Waals surface area contributed by atoms with Gasteiger partial charge in [0.15, 0.2) is 5.76 Å². The number of aliphatic hydroxyl groups is 1. The molecule has 3 N–H and O–H groups in total. The fourth-order valence-corrected chi connectivity index (χ4v) is 5.95. The molecule has 6 rings (SSSR count). The van der Waals surface area contributed by atoms with Crippen molar-refractivity contribution < 1.29 is 24.1 Å². The lowest BCUT2D eigenvalue weighted by molar-refractivity contribution is -0.150. The number of carbonyl (C=O) groups excluding carboxylic acids is 1. The Balaban J connectivity index is 1.24. The summed E-state index contributed by atoms with van der Waals surface area (Å²) in [4.78, 5) is 30.7. The van der Waals surface area contributed by atoms with E-state index in [9.17, 15) is 14.7 Å². The lowest BCUT2D eigenvalue weighted by Gasteiger charge is -2.29. The fourth-order valence-electron chi connectivity index (χ4n) is 5.95. The number of benzene rings is 3. The lowest BCUT2D eigenvalue weighted by Crippen LogP contribution is -2.34. The van der Waals surface area contributed by atoms with Crippen molar-refractivity contribution in [2.75, 3.05) is 13.7 Å². The number of aromatic nitrogens is 3. The molecular weight excluding hydrogens is 584 g/mol. The van der Waals surface area contributed by atoms with Gasteiger partial charge in [-0.15, -0.1) is 0 Å². The van der Waals surface area contributed by atoms with E-state index in [0.717, 1.165) is 44.7 Å². The number of hydrogen-bond acceptors (Lipinski definition) is 6. The number of aromatic amines is 1. The van der Waals surface area contributed by atoms with Crippen LogP contribution < -0.4 is 15.6 Å². The summed E-state index contributed by atoms with van der Waals surface area (Å²) >= 11 is 0. The van der Waals surface area contributed by atoms with E-state index in [0.29, 0.717) is 24.9 Å². The molecular formula is C36H38N4O6. The second kappa shape index (κ2) is 13.5. The molecule has 0 unspecified atom stereocenters. The summed E-state index contributed by atoms with van der Waals surface area (Å²) in [5.41, 5.74) is 5.75. The molecule has 0 bridgehead atoms. The molecule has 0 spiro atoms. The number of aliphatic hydroxyl groups excluding tert-OH is 1. The summed E-state index contributed by atoms with van der Waals surface area (Å²) in [6.07, 6.45) is 3.87. The van der Waals surface area contributed by atoms with E-state index in [1.807, 2.05) is 97.6 Å². The Kier molecular flexibility index (Phi) is 9.09. The Hall–Kier alpha value is -5.06. The van der Waals surface area contributed by atoms with E-state index < -0.39 is 12.2 Å². The summed E-state index contributed by atoms with van der Waals surface area (Å²) in [5, 5.41) is 13.4. The standard InChI is InChI=1S/C36H38N4O6/c1-23-34(36(43)40(39(23)2)28-7-5-4-6-8-28)27-17-32(46-33(18-27)45-22-25-11-9-24(21-41)10-12-25)35(42)37-16-15-26-20-38-31-14-13-29(44-3)19-30(26)31/h4-14,17,19-20,27,33,38,41H,15-16,18,21-22H2,1-3H3,(H,37,42)/t27-,33+/m1/s1. The molecule has 0 radical (unpaired) electrons. The molecule has 1 aliphatic rings. The topological polar surface area (TPSA) is 120 Å². The van der Waals surface area contributed by atoms with Gasteiger partial charge < -0.3 is 29.6 Å². The molecule has 2 aromatic heterocycles. The van der Waals surface area contributed by atoms with Crippen LogP contribution in [0.2, 0.25) is 0 Å². The third kappa shape index (κ3) is 6.35. The highest BCUT2D eigenvalue weighted by atomic mass is 16.7. The third-order valence-corrected chi connectivity index (χ3v) is 8.55. The van der Waals surface area contributed by atoms with Crippen molar-refractivity contribution in [3.05, 3.63) is 129 Å². The predicted molar refractivity (Wildman–Crippen MR) is 175 cm³/mol. The molecule has 10 nitrogen and oxygen atoms in total. The van der Waals surface area contributed by atoms with Crippen molar-refractivity contribution in [1.82, 2.24) is 19.7 Å². The monoisotopic (exact) mass is 622 g/mol. The summed E-state index contributed by atoms with van der Waals surface area (Å²) in [5.74, 6) is 0.0921. The van der Waals surface area contributed by atoms with Crippen molar-refractivity contribution in [2.45, 2.75) is 45.2 Å². The molecule has 10 heteroatoms. The molecule has 0 fully saturated rings. The van der Waals surface area contributed by atoms with Crippen molar-refractivity contribution in [2.24, 2.45) is 7.05 Å². The van der Waals surface area contributed by atoms with Crippen LogP contribution in [0, 0.1) is 6.92 Å². The summed E-state index contributed by atoms with van der Waals surface area (Å²) < 4.78 is 21.1. The number of nitrogens with zero attached hydrogens (tertiary/aromatic N) is 2. The minimum atomic E-state index is -0.765. The molecule has 1 amide bonds. The highest BCUT2D eigenvalue weighted by Crippen LogP contribution is 2.33. The first-order valence-electron chi connectivity index (χ1n) is 15.3. The Labute approximate surface area is 266 Å². The van der Waals surface area contributed by atoms with Gasteiger partial charge >= 0.3 is 0 Å². The van der Waals surface area contributed by atoms with Crippen LogP contribution in [0.1, 0.15) is 40.3 Å². The number of ether oxygens (including phenoxy) is 3. The Bertz CT molecular complexity index is 1920. The van der Waals surface area contributed by atoms with Crippen LogP contribution >= 0.6 is 0 Å². The Morgan fingerprint density at radius 3 is 2.59 bits per heavy atom. The van der Waals surface area contributed by atoms with Gasteiger partial charge in [0.05, 0.1) is 26.0 Å². The number of fused-ring (bicyclic) bond motifs is 1. The Morgan fingerprint density at radius 2 is 1.85 bits per heavy atom. The average molecular weight is 623 g/mol. The number of methoxy groups -OCH3 is 1. The second-order valence-electron chi connectivity index (χ2n) is 11.4. The van der Waals surface area contributed by atoms with E-state index in [1.54, 1.807) is 17.9 Å². The van der Waals surface area contributed by atoms with Crippen LogP contribution in [0.15, 0.2) is 95.6 Å². The first kappa shape index (κ1) is 30.9. The zero-order valence-electron chi connectivity index (χ0n) is 26.2. The minimum absolute atomic E-state index is 0.0384. The normalized spacial score (nSPS) is 16.2. The van der Waals surface area contributed by atoms with E-state index in [-0.39, 0.29) is 30.4 Å². The van der Waals surface area contributed by atoms with Crippen LogP contribution in [-0.4, -0.2) is 45.3 Å². The summed E-state index contributed by atoms with van der Waals surface area (Å²) in [7, 11) is 3.49. The van der Waals surface area contributed by atoms with Crippen molar-refractivity contribution in [1.29, 1.82) is 0 Å². The van der Waals surface area contributed by atoms with Gasteiger partial charge in [0, 0.05) is 54.3 Å². The SMILES string of the molecule is COc1ccc2[nH]cc(CCNC(=O)C3=C[C@@H](c4c(C)n(C)n(-c5ccccc5)c4=O)C[C@@H](OCc4ccc(CO)cc4)O3)c2c1. The van der Waals surface area contributed by atoms with Gasteiger partial charge in [-0.2, -0.15) is 0 Å². The molecule has 0 saturated heterocycles. The number of nitrogens with one attached hydrogen (secondary N) is 2. The predicted octanol–water partition coefficient (Wildman–Crippen LogP) is 4.76. The molecule has 238 valence electrons. The molecule has 5 aromatic rings. The van der Waals surface area contributed by atoms with Crippen LogP contribution in [0.3, 0.4) is 0 Å². The van der Waals surface area contributed by atoms with Crippen molar-refractivity contribution in [3.8, 4) is 11.4 Å². The number of H-pyrrole nitrogens is 1. The van der Waals surface area contributed by atoms with Crippen LogP contribution in [0.25, 0.3) is 16.6 Å². The summed E-state index contributed by atoms with van der Waals surface area (Å²) in [6.45, 7) is 2.49. The molecule has 2 atom stereocenters. The third-order valence-electron chi connectivity index (χ3n) is 8.55. The van der Waals surface area contributed by atoms with Crippen LogP contribution in [0.4, 0.5) is 0 Å². The first-order valence-corrected chi connectivity index (χ1v) is 15.3. The van der Waals surface area contributed by atoms with E-state index >= 15 is 0 Å². The number of amides is 1. The van der Waals surface area contributed by atoms with Gasteiger partial charge in [0.2, 0.25) is 6.29 Å². The quantitative estimate of drug-likeness (QED) is 0.196. The van der Waals surface area contributed by atoms with Crippen molar-refractivity contribution >= 4 is 16.8 Å². The van der Waals surface area contributed by atoms with Gasteiger partial charge in [-0.05, 0) is 66.4 Å². The molecule has 1 aliphatic heterocycles. The average Bonchev–Trinajstić information content (AvgIpc) is 3.59. The largest absolute Gasteiger partial charge is 0.497 e. The first-order chi connectivity index (χ1) is 22.4. The second-order valence-corrected chi connectivity index (χ2v) is 11.4. The van der Waals surface area contributed by atoms with E-state index in [2.05, 4.69) is 10.3 Å². The summed E-state index contributed by atoms with van der Waals surface area (Å²) in [6, 6.07) is 22.8. The minimum Gasteiger partial charge on any atom is -0.497 e. The van der Waals surface area contributed by atoms with Gasteiger partial charge in [0.25, 0.3) is 11.5 Å². The van der Waals surface area contributed by atoms with Crippen LogP contribution in [-0.2, 0) is 41.0 Å². The number of hydrogen-bond donors (Lipinski definition) is 3. The molecule has 3 aromatic carbocycles. The molecule has 0 saturated carbocycles. The van der Waals surface area contributed by atoms with Gasteiger partial charge in [-0.25, -0.2) is 4.68 Å². The van der Waals surface area contributed by atoms with Gasteiger partial charge in [-0.1, -0.05) is 42.5 Å². The number of rotatable bonds is 11. The number of para-hydroxylation sites is 1. The lowest BCUT2D eigenvalue weighted by atomic mass is 9.93. The highest BCUT2D eigenvalue weighted by molar-refractivity contribution is 5.92. The van der Waals surface area contributed by atoms with Gasteiger partial charge in [0.1, 0.15) is 5.75 Å².